The first kappa shape index (κ1) is 116. The highest BCUT2D eigenvalue weighted by Gasteiger charge is 2.44. The van der Waals surface area contributed by atoms with Crippen molar-refractivity contribution in [2.24, 2.45) is 0 Å². The molecule has 4 aliphatic heterocycles. The van der Waals surface area contributed by atoms with Gasteiger partial charge in [-0.15, -0.1) is 5.06 Å². The van der Waals surface area contributed by atoms with Crippen LogP contribution in [0, 0.1) is 0 Å². The maximum absolute atomic E-state index is 15.8. The Morgan fingerprint density at radius 2 is 0.789 bits per heavy atom. The molecule has 0 atom stereocenters. The van der Waals surface area contributed by atoms with E-state index in [2.05, 4.69) is 9.89 Å². The van der Waals surface area contributed by atoms with Crippen LogP contribution in [-0.2, 0) is 148 Å². The van der Waals surface area contributed by atoms with Crippen molar-refractivity contribution in [1.29, 1.82) is 0 Å². The molecule has 0 bridgehead atoms. The number of methoxy groups -OCH3 is 1. The Hall–Kier alpha value is -5.99. The summed E-state index contributed by atoms with van der Waals surface area (Å²) in [4.78, 5) is 56.3. The molecular formula is C92H149F3N4O33S. The van der Waals surface area contributed by atoms with E-state index >= 15 is 13.2 Å². The lowest BCUT2D eigenvalue weighted by atomic mass is 9.85. The number of nitrogens with one attached hydrogen (secondary N) is 1. The number of halogens is 3. The molecule has 1 N–H and O–H groups in total. The van der Waals surface area contributed by atoms with Crippen LogP contribution < -0.4 is 30.1 Å². The number of anilines is 1. The van der Waals surface area contributed by atoms with Gasteiger partial charge < -0.3 is 138 Å². The van der Waals surface area contributed by atoms with Crippen molar-refractivity contribution in [3.05, 3.63) is 63.7 Å². The quantitative estimate of drug-likeness (QED) is 0.0342. The zero-order valence-corrected chi connectivity index (χ0v) is 80.0. The fourth-order valence-electron chi connectivity index (χ4n) is 14.1. The second-order valence-corrected chi connectivity index (χ2v) is 33.2. The van der Waals surface area contributed by atoms with E-state index in [1.54, 1.807) is 19.3 Å². The third-order valence-corrected chi connectivity index (χ3v) is 21.3. The van der Waals surface area contributed by atoms with Gasteiger partial charge in [0.25, 0.3) is 11.8 Å². The number of unbranched alkanes of at least 4 members (excludes halogenated alkanes) is 4. The maximum atomic E-state index is 15.8. The molecule has 41 heteroatoms. The van der Waals surface area contributed by atoms with Crippen LogP contribution >= 0.6 is 0 Å². The first-order valence-corrected chi connectivity index (χ1v) is 48.1. The molecule has 762 valence electrons. The first-order chi connectivity index (χ1) is 64.5. The molecule has 0 aliphatic carbocycles. The molecule has 1 saturated heterocycles. The Balaban J connectivity index is 0.646. The number of rotatable bonds is 88. The number of imide groups is 1. The van der Waals surface area contributed by atoms with Crippen molar-refractivity contribution in [1.82, 2.24) is 15.0 Å². The molecule has 0 aromatic heterocycles. The van der Waals surface area contributed by atoms with Gasteiger partial charge in [0.2, 0.25) is 11.3 Å². The lowest BCUT2D eigenvalue weighted by Gasteiger charge is -2.44. The Bertz CT molecular complexity index is 3830. The van der Waals surface area contributed by atoms with Crippen LogP contribution in [0.3, 0.4) is 0 Å². The van der Waals surface area contributed by atoms with Crippen LogP contribution in [0.15, 0.2) is 36.4 Å². The number of benzene rings is 2. The number of alkyl halides is 3. The number of fused-ring (bicyclic) bond motifs is 4. The van der Waals surface area contributed by atoms with Gasteiger partial charge in [-0.1, -0.05) is 19.4 Å². The van der Waals surface area contributed by atoms with Crippen LogP contribution in [0.4, 0.5) is 18.9 Å². The second kappa shape index (κ2) is 70.6. The molecule has 4 aliphatic rings. The number of ether oxygens (including phenoxy) is 25. The van der Waals surface area contributed by atoms with E-state index in [-0.39, 0.29) is 71.6 Å². The molecule has 1 fully saturated rings. The zero-order valence-electron chi connectivity index (χ0n) is 79.2. The van der Waals surface area contributed by atoms with Crippen LogP contribution in [-0.4, -0.2) is 402 Å². The Morgan fingerprint density at radius 1 is 0.436 bits per heavy atom. The molecular weight excluding hydrogens is 1780 g/mol. The largest absolute Gasteiger partial charge is 0.748 e. The smallest absolute Gasteiger partial charge is 0.417 e. The van der Waals surface area contributed by atoms with Gasteiger partial charge in [0.05, 0.1) is 344 Å². The summed E-state index contributed by atoms with van der Waals surface area (Å²) in [6, 6.07) is 5.93. The summed E-state index contributed by atoms with van der Waals surface area (Å²) in [6.07, 6.45) is 2.66. The highest BCUT2D eigenvalue weighted by Crippen LogP contribution is 2.49. The van der Waals surface area contributed by atoms with E-state index in [4.69, 9.17) is 123 Å². The predicted molar refractivity (Wildman–Crippen MR) is 481 cm³/mol. The summed E-state index contributed by atoms with van der Waals surface area (Å²) in [6.45, 7) is 32.2. The highest BCUT2D eigenvalue weighted by molar-refractivity contribution is 7.86. The van der Waals surface area contributed by atoms with Gasteiger partial charge in [0.1, 0.15) is 18.0 Å². The molecule has 4 heterocycles. The highest BCUT2D eigenvalue weighted by atomic mass is 32.2. The average molecular weight is 1930 g/mol. The lowest BCUT2D eigenvalue weighted by Crippen LogP contribution is -2.50. The number of nitrogens with zero attached hydrogens (tertiary/aromatic N) is 3. The van der Waals surface area contributed by atoms with Gasteiger partial charge in [0.15, 0.2) is 5.54 Å². The third kappa shape index (κ3) is 50.4. The fraction of sp³-hybridized carbons (Fsp3) is 0.772. The molecule has 0 radical (unpaired) electrons. The molecule has 2 aromatic carbocycles. The molecule has 3 amide bonds. The molecule has 2 aromatic rings. The van der Waals surface area contributed by atoms with Crippen molar-refractivity contribution in [2.45, 2.75) is 123 Å². The van der Waals surface area contributed by atoms with Gasteiger partial charge in [0, 0.05) is 99.8 Å². The third-order valence-electron chi connectivity index (χ3n) is 20.6. The Morgan fingerprint density at radius 3 is 1.14 bits per heavy atom. The summed E-state index contributed by atoms with van der Waals surface area (Å²) in [5.41, 5.74) is -0.722. The summed E-state index contributed by atoms with van der Waals surface area (Å²) < 4.78 is 225. The summed E-state index contributed by atoms with van der Waals surface area (Å²) in [7, 11) is -3.26. The van der Waals surface area contributed by atoms with E-state index in [1.807, 2.05) is 45.6 Å². The lowest BCUT2D eigenvalue weighted by molar-refractivity contribution is -0.197. The predicted octanol–water partition coefficient (Wildman–Crippen LogP) is 6.03. The number of hydroxylamine groups is 2. The van der Waals surface area contributed by atoms with Gasteiger partial charge >= 0.3 is 12.1 Å². The molecule has 133 heavy (non-hydrogen) atoms. The fourth-order valence-corrected chi connectivity index (χ4v) is 14.7. The van der Waals surface area contributed by atoms with Crippen molar-refractivity contribution in [3.63, 3.8) is 0 Å². The first-order valence-electron chi connectivity index (χ1n) is 46.6. The van der Waals surface area contributed by atoms with E-state index in [0.29, 0.717) is 390 Å². The van der Waals surface area contributed by atoms with Gasteiger partial charge in [-0.25, -0.2) is 17.8 Å². The number of amides is 3. The summed E-state index contributed by atoms with van der Waals surface area (Å²) in [5, 5.41) is 3.86. The van der Waals surface area contributed by atoms with E-state index < -0.39 is 56.5 Å². The second-order valence-electron chi connectivity index (χ2n) is 31.8. The maximum Gasteiger partial charge on any atom is 0.417 e. The molecule has 0 unspecified atom stereocenters. The SMILES string of the molecule is CCC1=CC(C)(C)[N+](CCCCCC(=O)ON2C(=O)CCC2=O)=c2cc3c(cc21)=C(C(F)(F)F)c1cc2c(cc1O3)N(CCCCCC(=O)NCCOCCOCCOCCOCCOCCOCCOCCOCCOCCOCCOCCOCCOCCOCCOCCOCCOCCOCCOCCOCCOCCOCCOCCOC)C(C)(C)C=C2CS(=O)(=O)[O-]. The molecule has 0 spiro atoms. The number of carbonyl (C=O) groups is 4. The van der Waals surface area contributed by atoms with Crippen LogP contribution in [0.5, 0.6) is 11.5 Å². The van der Waals surface area contributed by atoms with Crippen LogP contribution in [0.2, 0.25) is 0 Å². The summed E-state index contributed by atoms with van der Waals surface area (Å²) >= 11 is 0. The normalized spacial score (nSPS) is 14.7. The van der Waals surface area contributed by atoms with Crippen LogP contribution in [0.25, 0.3) is 16.7 Å². The van der Waals surface area contributed by atoms with Gasteiger partial charge in [-0.05, 0) is 75.3 Å². The van der Waals surface area contributed by atoms with Crippen molar-refractivity contribution < 1.29 is 169 Å². The molecule has 6 rings (SSSR count). The van der Waals surface area contributed by atoms with E-state index in [0.717, 1.165) is 5.57 Å². The van der Waals surface area contributed by atoms with Crippen LogP contribution in [0.1, 0.15) is 122 Å². The van der Waals surface area contributed by atoms with Crippen molar-refractivity contribution in [3.8, 4) is 11.5 Å². The topological polar surface area (TPSA) is 387 Å². The number of hydrogen-bond donors (Lipinski definition) is 1. The number of carbonyl (C=O) groups excluding carboxylic acids is 4. The van der Waals surface area contributed by atoms with Crippen molar-refractivity contribution >= 4 is 56.2 Å². The average Bonchev–Trinajstić information content (AvgIpc) is 0.988. The van der Waals surface area contributed by atoms with Gasteiger partial charge in [-0.3, -0.25) is 14.4 Å². The minimum Gasteiger partial charge on any atom is -0.748 e. The Labute approximate surface area is 781 Å². The number of allylic oxidation sites excluding steroid dienone is 1. The monoisotopic (exact) mass is 1930 g/mol. The standard InChI is InChI=1S/C92H149F3N4O33S/c1-7-75-72-90(2,3)97(20-13-9-11-15-88(103)132-99-86(101)16-17-87(99)102)81-70-83-79(68-77(75)81)89(92(93,94)95)80-69-78-76(74-133(104,105)106)73-91(4,5)98(82(78)71-84(80)131-83)19-12-8-10-14-85(100)96-18-21-108-24-25-110-28-29-112-32-33-114-36-37-116-40-41-118-44-45-120-48-49-122-52-53-124-56-57-126-60-61-128-64-65-130-67-66-129-63-62-127-59-58-125-55-54-123-51-50-121-47-46-119-43-42-117-39-38-115-35-34-113-31-30-111-27-26-109-23-22-107-6/h68-73H,7-67,74H2,1-6H3,(H-,96,100,104,105,106). The summed E-state index contributed by atoms with van der Waals surface area (Å²) in [5.74, 6) is -3.05. The number of hydrogen-bond acceptors (Lipinski definition) is 34. The molecule has 0 saturated carbocycles. The van der Waals surface area contributed by atoms with E-state index in [9.17, 15) is 32.1 Å². The zero-order chi connectivity index (χ0) is 95.6. The Kier molecular flexibility index (Phi) is 61.4. The molecule has 37 nitrogen and oxygen atoms in total. The van der Waals surface area contributed by atoms with Crippen molar-refractivity contribution in [2.75, 3.05) is 348 Å². The minimum atomic E-state index is -4.92. The van der Waals surface area contributed by atoms with Gasteiger partial charge in [-0.2, -0.15) is 13.2 Å². The van der Waals surface area contributed by atoms with E-state index in [1.165, 1.54) is 18.2 Å². The minimum absolute atomic E-state index is 0.0147.